The molecular weight excluding hydrogens is 670 g/mol. The van der Waals surface area contributed by atoms with E-state index in [-0.39, 0.29) is 40.6 Å². The third-order valence-corrected chi connectivity index (χ3v) is 10.7. The topological polar surface area (TPSA) is 217 Å². The van der Waals surface area contributed by atoms with E-state index in [0.29, 0.717) is 46.1 Å². The summed E-state index contributed by atoms with van der Waals surface area (Å²) in [6.07, 6.45) is -5.26. The molecule has 3 fully saturated rings. The second kappa shape index (κ2) is 14.1. The molecule has 5 aliphatic rings. The Kier molecular flexibility index (Phi) is 9.92. The second-order valence-electron chi connectivity index (χ2n) is 13.6. The standard InChI is InChI=1S/C35H43N3O13/c1-17-30(41)20(36-38-8-11-49-16-24(38)37-6-9-48-10-7-37)12-25(50-17)51-22-14-35(46,23(40)15-39)13-19-27(22)34(45)29-28(32(19)43)31(42)18-4-3-5-21(47-2)26(18)33(29)44/h3-5,17,20,22,24-25,30,36,39,41,43,45-46H,6-16H2,1-2H3/t17?,20?,22-,24?,25?,30?,35-/m0/s1. The molecule has 2 aliphatic carbocycles. The first-order valence-electron chi connectivity index (χ1n) is 17.1. The van der Waals surface area contributed by atoms with E-state index in [9.17, 15) is 39.9 Å². The molecule has 0 bridgehead atoms. The van der Waals surface area contributed by atoms with Crippen molar-refractivity contribution >= 4 is 17.3 Å². The molecular formula is C35H43N3O13. The number of aromatic hydroxyl groups is 2. The van der Waals surface area contributed by atoms with Gasteiger partial charge in [0.15, 0.2) is 17.9 Å². The number of nitrogens with one attached hydrogen (secondary N) is 1. The third-order valence-electron chi connectivity index (χ3n) is 10.7. The van der Waals surface area contributed by atoms with Crippen LogP contribution in [0.2, 0.25) is 0 Å². The predicted molar refractivity (Wildman–Crippen MR) is 174 cm³/mol. The second-order valence-corrected chi connectivity index (χ2v) is 13.6. The molecule has 16 heteroatoms. The maximum atomic E-state index is 14.0. The zero-order valence-corrected chi connectivity index (χ0v) is 28.4. The highest BCUT2D eigenvalue weighted by atomic mass is 16.7. The molecule has 51 heavy (non-hydrogen) atoms. The van der Waals surface area contributed by atoms with Gasteiger partial charge in [0, 0.05) is 55.6 Å². The van der Waals surface area contributed by atoms with Crippen molar-refractivity contribution in [2.45, 2.75) is 68.6 Å². The number of benzene rings is 2. The molecule has 2 aromatic carbocycles. The fourth-order valence-corrected chi connectivity index (χ4v) is 7.98. The SMILES string of the molecule is COc1cccc2c1C(=O)c1c(O)c3c(c(O)c1C2=O)C[C@@](O)(C(=O)CO)C[C@@H]3OC1CC(NN2CCOCC2N2CCOCC2)C(O)C(C)O1. The summed E-state index contributed by atoms with van der Waals surface area (Å²) in [5.74, 6) is -3.76. The zero-order valence-electron chi connectivity index (χ0n) is 28.4. The van der Waals surface area contributed by atoms with Gasteiger partial charge in [0.1, 0.15) is 29.5 Å². The number of hydrazine groups is 1. The lowest BCUT2D eigenvalue weighted by atomic mass is 9.72. The number of aliphatic hydroxyl groups excluding tert-OH is 2. The first kappa shape index (κ1) is 35.8. The van der Waals surface area contributed by atoms with Crippen LogP contribution in [-0.2, 0) is 30.2 Å². The van der Waals surface area contributed by atoms with Gasteiger partial charge in [-0.1, -0.05) is 12.1 Å². The number of carbonyl (C=O) groups excluding carboxylic acids is 3. The van der Waals surface area contributed by atoms with Gasteiger partial charge in [-0.25, -0.2) is 10.4 Å². The van der Waals surface area contributed by atoms with Crippen LogP contribution in [0.4, 0.5) is 0 Å². The summed E-state index contributed by atoms with van der Waals surface area (Å²) < 4.78 is 29.1. The third kappa shape index (κ3) is 6.22. The van der Waals surface area contributed by atoms with Crippen molar-refractivity contribution in [2.24, 2.45) is 0 Å². The minimum atomic E-state index is -2.27. The molecule has 5 unspecified atom stereocenters. The van der Waals surface area contributed by atoms with Crippen molar-refractivity contribution in [1.29, 1.82) is 0 Å². The van der Waals surface area contributed by atoms with Crippen molar-refractivity contribution in [2.75, 3.05) is 59.8 Å². The molecule has 0 saturated carbocycles. The smallest absolute Gasteiger partial charge is 0.202 e. The van der Waals surface area contributed by atoms with E-state index in [2.05, 4.69) is 10.3 Å². The summed E-state index contributed by atoms with van der Waals surface area (Å²) >= 11 is 0. The number of phenols is 2. The van der Waals surface area contributed by atoms with Crippen LogP contribution in [-0.4, -0.2) is 149 Å². The van der Waals surface area contributed by atoms with Gasteiger partial charge in [0.2, 0.25) is 5.78 Å². The van der Waals surface area contributed by atoms with Crippen LogP contribution in [0.15, 0.2) is 18.2 Å². The molecule has 2 aromatic rings. The summed E-state index contributed by atoms with van der Waals surface area (Å²) in [5.41, 5.74) is -0.188. The fraction of sp³-hybridized carbons (Fsp3) is 0.571. The Balaban J connectivity index is 1.23. The number of Topliss-reactive ketones (excluding diaryl/α,β-unsaturated/α-hetero) is 1. The molecule has 3 heterocycles. The molecule has 0 amide bonds. The quantitative estimate of drug-likeness (QED) is 0.163. The lowest BCUT2D eigenvalue weighted by molar-refractivity contribution is -0.256. The molecule has 276 valence electrons. The van der Waals surface area contributed by atoms with Crippen LogP contribution in [0.3, 0.4) is 0 Å². The Hall–Kier alpha value is -3.55. The number of aliphatic hydroxyl groups is 3. The molecule has 6 N–H and O–H groups in total. The van der Waals surface area contributed by atoms with Crippen molar-refractivity contribution in [3.8, 4) is 17.2 Å². The Labute approximate surface area is 293 Å². The Morgan fingerprint density at radius 1 is 1.04 bits per heavy atom. The number of hydrogen-bond donors (Lipinski definition) is 6. The Morgan fingerprint density at radius 3 is 2.49 bits per heavy atom. The van der Waals surface area contributed by atoms with E-state index in [1.165, 1.54) is 25.3 Å². The lowest BCUT2D eigenvalue weighted by Gasteiger charge is -2.47. The molecule has 3 saturated heterocycles. The normalized spacial score (nSPS) is 31.5. The number of nitrogens with zero attached hydrogens (tertiary/aromatic N) is 2. The van der Waals surface area contributed by atoms with Gasteiger partial charge in [-0.2, -0.15) is 0 Å². The van der Waals surface area contributed by atoms with E-state index in [1.54, 1.807) is 6.92 Å². The van der Waals surface area contributed by atoms with Gasteiger partial charge >= 0.3 is 0 Å². The van der Waals surface area contributed by atoms with E-state index >= 15 is 0 Å². The zero-order chi connectivity index (χ0) is 36.2. The van der Waals surface area contributed by atoms with Gasteiger partial charge in [-0.15, -0.1) is 0 Å². The van der Waals surface area contributed by atoms with Crippen LogP contribution in [0.1, 0.15) is 68.8 Å². The van der Waals surface area contributed by atoms with Gasteiger partial charge in [0.05, 0.1) is 80.7 Å². The van der Waals surface area contributed by atoms with Crippen LogP contribution in [0, 0.1) is 0 Å². The van der Waals surface area contributed by atoms with E-state index < -0.39 is 95.7 Å². The lowest BCUT2D eigenvalue weighted by Crippen LogP contribution is -2.66. The number of hydrogen-bond acceptors (Lipinski definition) is 16. The van der Waals surface area contributed by atoms with Crippen molar-refractivity contribution in [3.63, 3.8) is 0 Å². The van der Waals surface area contributed by atoms with Crippen molar-refractivity contribution < 1.29 is 63.6 Å². The maximum Gasteiger partial charge on any atom is 0.202 e. The molecule has 7 atom stereocenters. The number of ketones is 3. The number of fused-ring (bicyclic) bond motifs is 3. The molecule has 16 nitrogen and oxygen atoms in total. The summed E-state index contributed by atoms with van der Waals surface area (Å²) in [6.45, 7) is 4.72. The van der Waals surface area contributed by atoms with Crippen molar-refractivity contribution in [3.05, 3.63) is 51.6 Å². The number of rotatable bonds is 8. The average Bonchev–Trinajstić information content (AvgIpc) is 3.13. The molecule has 0 aromatic heterocycles. The van der Waals surface area contributed by atoms with Crippen molar-refractivity contribution in [1.82, 2.24) is 15.3 Å². The monoisotopic (exact) mass is 713 g/mol. The number of ether oxygens (including phenoxy) is 5. The Morgan fingerprint density at radius 2 is 1.76 bits per heavy atom. The van der Waals surface area contributed by atoms with Crippen LogP contribution < -0.4 is 10.2 Å². The van der Waals surface area contributed by atoms with Gasteiger partial charge in [-0.3, -0.25) is 19.3 Å². The van der Waals surface area contributed by atoms with Gasteiger partial charge in [-0.05, 0) is 13.0 Å². The maximum absolute atomic E-state index is 14.0. The summed E-state index contributed by atoms with van der Waals surface area (Å²) in [6, 6.07) is 3.82. The van der Waals surface area contributed by atoms with E-state index in [0.717, 1.165) is 0 Å². The van der Waals surface area contributed by atoms with E-state index in [4.69, 9.17) is 23.7 Å². The number of morpholine rings is 2. The number of methoxy groups -OCH3 is 1. The minimum absolute atomic E-state index is 0.0513. The largest absolute Gasteiger partial charge is 0.507 e. The van der Waals surface area contributed by atoms with Crippen LogP contribution in [0.5, 0.6) is 17.2 Å². The summed E-state index contributed by atoms with van der Waals surface area (Å²) in [4.78, 5) is 42.9. The molecule has 0 spiro atoms. The highest BCUT2D eigenvalue weighted by molar-refractivity contribution is 6.31. The molecule has 3 aliphatic heterocycles. The van der Waals surface area contributed by atoms with Crippen LogP contribution in [0.25, 0.3) is 0 Å². The summed E-state index contributed by atoms with van der Waals surface area (Å²) in [5, 5.41) is 58.1. The number of carbonyl (C=O) groups is 3. The number of phenolic OH excluding ortho intramolecular Hbond substituents is 2. The first-order chi connectivity index (χ1) is 24.5. The minimum Gasteiger partial charge on any atom is -0.507 e. The van der Waals surface area contributed by atoms with E-state index in [1.807, 2.05) is 5.01 Å². The highest BCUT2D eigenvalue weighted by Crippen LogP contribution is 2.52. The molecule has 7 rings (SSSR count). The average molecular weight is 714 g/mol. The highest BCUT2D eigenvalue weighted by Gasteiger charge is 2.50. The Bertz CT molecular complexity index is 1710. The van der Waals surface area contributed by atoms with Gasteiger partial charge < -0.3 is 49.2 Å². The van der Waals surface area contributed by atoms with Gasteiger partial charge in [0.25, 0.3) is 0 Å². The van der Waals surface area contributed by atoms with Crippen LogP contribution >= 0.6 is 0 Å². The molecule has 0 radical (unpaired) electrons. The first-order valence-corrected chi connectivity index (χ1v) is 17.1. The summed E-state index contributed by atoms with van der Waals surface area (Å²) in [7, 11) is 1.34. The predicted octanol–water partition coefficient (Wildman–Crippen LogP) is -0.462. The fourth-order valence-electron chi connectivity index (χ4n) is 7.98.